The van der Waals surface area contributed by atoms with E-state index in [1.54, 1.807) is 0 Å². The molecule has 0 N–H and O–H groups in total. The van der Waals surface area contributed by atoms with Gasteiger partial charge in [0.1, 0.15) is 18.0 Å². The molecule has 0 unspecified atom stereocenters. The minimum Gasteiger partial charge on any atom is -0.495 e. The second-order valence-corrected chi connectivity index (χ2v) is 18.9. The lowest BCUT2D eigenvalue weighted by atomic mass is 9.46. The standard InChI is InChI=1S/C47H60O5/c1-5-43(48)52-42-20-18-39-37-15-12-31-28-33(21-24-45(31,2)40(37)23-26-47(39,42)4)50-41-19-17-38-36-14-11-30-27-32(51-44(49)29-9-7-6-8-10-29)13-16-34(30)35(36)22-25-46(38,41)3/h6-10,13,16,21,27,31,35-42H,5,11-12,14-15,17-20,22-26,28H2,1-4H3/t31-,35+,36+,37-,38-,39-,40-,41-,42-,45-,46-,47-/m0/s1. The molecule has 9 rings (SSSR count). The molecule has 52 heavy (non-hydrogen) atoms. The number of fused-ring (bicyclic) bond motifs is 10. The van der Waals surface area contributed by atoms with Crippen molar-refractivity contribution < 1.29 is 23.8 Å². The summed E-state index contributed by atoms with van der Waals surface area (Å²) in [5, 5.41) is 0. The average Bonchev–Trinajstić information content (AvgIpc) is 3.67. The third kappa shape index (κ3) is 5.52. The normalized spacial score (nSPS) is 41.5. The quantitative estimate of drug-likeness (QED) is 0.221. The number of benzene rings is 2. The van der Waals surface area contributed by atoms with Gasteiger partial charge in [-0.25, -0.2) is 4.79 Å². The molecule has 5 nitrogen and oxygen atoms in total. The van der Waals surface area contributed by atoms with E-state index in [2.05, 4.69) is 39.0 Å². The van der Waals surface area contributed by atoms with Gasteiger partial charge in [-0.15, -0.1) is 0 Å². The molecule has 5 fully saturated rings. The Balaban J connectivity index is 0.851. The monoisotopic (exact) mass is 704 g/mol. The molecule has 0 bridgehead atoms. The minimum atomic E-state index is -0.290. The summed E-state index contributed by atoms with van der Waals surface area (Å²) in [5.41, 5.74) is 4.19. The molecule has 0 aromatic heterocycles. The number of ether oxygens (including phenoxy) is 3. The summed E-state index contributed by atoms with van der Waals surface area (Å²) < 4.78 is 19.1. The lowest BCUT2D eigenvalue weighted by Crippen LogP contribution is -2.53. The van der Waals surface area contributed by atoms with Gasteiger partial charge in [-0.05, 0) is 172 Å². The van der Waals surface area contributed by atoms with Crippen LogP contribution < -0.4 is 4.74 Å². The summed E-state index contributed by atoms with van der Waals surface area (Å²) in [6, 6.07) is 15.7. The summed E-state index contributed by atoms with van der Waals surface area (Å²) in [7, 11) is 0. The topological polar surface area (TPSA) is 61.8 Å². The number of allylic oxidation sites excluding steroid dienone is 2. The smallest absolute Gasteiger partial charge is 0.343 e. The molecule has 2 aromatic rings. The maximum Gasteiger partial charge on any atom is 0.343 e. The molecule has 0 aliphatic heterocycles. The Kier molecular flexibility index (Phi) is 8.70. The van der Waals surface area contributed by atoms with Crippen molar-refractivity contribution >= 4 is 11.9 Å². The van der Waals surface area contributed by atoms with E-state index in [0.717, 1.165) is 37.5 Å². The van der Waals surface area contributed by atoms with Crippen molar-refractivity contribution in [2.75, 3.05) is 0 Å². The highest BCUT2D eigenvalue weighted by atomic mass is 16.5. The Morgan fingerprint density at radius 2 is 1.48 bits per heavy atom. The Labute approximate surface area is 311 Å². The van der Waals surface area contributed by atoms with Crippen molar-refractivity contribution in [3.63, 3.8) is 0 Å². The van der Waals surface area contributed by atoms with Crippen molar-refractivity contribution in [1.29, 1.82) is 0 Å². The number of esters is 2. The Hall–Kier alpha value is -3.08. The van der Waals surface area contributed by atoms with Crippen LogP contribution in [0.1, 0.15) is 145 Å². The number of hydrogen-bond donors (Lipinski definition) is 0. The molecule has 5 saturated carbocycles. The van der Waals surface area contributed by atoms with E-state index in [0.29, 0.717) is 58.8 Å². The van der Waals surface area contributed by atoms with Gasteiger partial charge in [-0.3, -0.25) is 4.79 Å². The summed E-state index contributed by atoms with van der Waals surface area (Å²) in [4.78, 5) is 25.0. The average molecular weight is 705 g/mol. The van der Waals surface area contributed by atoms with E-state index < -0.39 is 0 Å². The van der Waals surface area contributed by atoms with Gasteiger partial charge in [0.25, 0.3) is 0 Å². The molecule has 7 aliphatic carbocycles. The van der Waals surface area contributed by atoms with Crippen LogP contribution >= 0.6 is 0 Å². The zero-order valence-electron chi connectivity index (χ0n) is 32.0. The van der Waals surface area contributed by atoms with Crippen LogP contribution in [0.25, 0.3) is 0 Å². The molecule has 0 spiro atoms. The summed E-state index contributed by atoms with van der Waals surface area (Å²) in [6.07, 6.45) is 20.3. The number of carbonyl (C=O) groups excluding carboxylic acids is 2. The van der Waals surface area contributed by atoms with Crippen molar-refractivity contribution in [2.45, 2.75) is 142 Å². The summed E-state index contributed by atoms with van der Waals surface area (Å²) in [5.74, 6) is 6.59. The van der Waals surface area contributed by atoms with Gasteiger partial charge >= 0.3 is 11.9 Å². The first-order valence-corrected chi connectivity index (χ1v) is 21.1. The maximum atomic E-state index is 12.7. The highest BCUT2D eigenvalue weighted by molar-refractivity contribution is 5.91. The fourth-order valence-electron chi connectivity index (χ4n) is 14.0. The van der Waals surface area contributed by atoms with E-state index in [-0.39, 0.29) is 28.9 Å². The van der Waals surface area contributed by atoms with Crippen LogP contribution in [0.5, 0.6) is 5.75 Å². The van der Waals surface area contributed by atoms with E-state index in [9.17, 15) is 9.59 Å². The van der Waals surface area contributed by atoms with Gasteiger partial charge < -0.3 is 14.2 Å². The van der Waals surface area contributed by atoms with Gasteiger partial charge in [-0.2, -0.15) is 0 Å². The van der Waals surface area contributed by atoms with E-state index >= 15 is 0 Å². The SMILES string of the molecule is CCC(=O)O[C@H]1CC[C@H]2[C@@H]3CC[C@H]4CC(O[C@H]5CC[C@H]6[C@@H]7CCc8cc(OC(=O)c9ccccc9)ccc8[C@H]7CC[C@]56C)=CC[C@]4(C)[C@H]3CC[C@]12C. The van der Waals surface area contributed by atoms with Crippen LogP contribution in [0.4, 0.5) is 0 Å². The van der Waals surface area contributed by atoms with E-state index in [4.69, 9.17) is 14.2 Å². The van der Waals surface area contributed by atoms with Gasteiger partial charge in [0.05, 0.1) is 11.3 Å². The Morgan fingerprint density at radius 3 is 2.29 bits per heavy atom. The molecule has 0 amide bonds. The lowest BCUT2D eigenvalue weighted by molar-refractivity contribution is -0.162. The second kappa shape index (κ2) is 13.0. The molecule has 5 heteroatoms. The first-order chi connectivity index (χ1) is 25.1. The lowest BCUT2D eigenvalue weighted by Gasteiger charge is -2.59. The molecule has 12 atom stereocenters. The zero-order valence-corrected chi connectivity index (χ0v) is 32.0. The Morgan fingerprint density at radius 1 is 0.750 bits per heavy atom. The van der Waals surface area contributed by atoms with Crippen LogP contribution in [-0.2, 0) is 20.7 Å². The molecule has 2 aromatic carbocycles. The fourth-order valence-corrected chi connectivity index (χ4v) is 14.0. The van der Waals surface area contributed by atoms with Gasteiger partial charge in [0.15, 0.2) is 0 Å². The minimum absolute atomic E-state index is 0.0202. The number of aryl methyl sites for hydroxylation is 1. The molecule has 0 radical (unpaired) electrons. The van der Waals surface area contributed by atoms with Crippen molar-refractivity contribution in [1.82, 2.24) is 0 Å². The number of carbonyl (C=O) groups is 2. The fraction of sp³-hybridized carbons (Fsp3) is 0.660. The van der Waals surface area contributed by atoms with Crippen LogP contribution in [0.2, 0.25) is 0 Å². The zero-order chi connectivity index (χ0) is 35.8. The van der Waals surface area contributed by atoms with Crippen LogP contribution in [0.3, 0.4) is 0 Å². The molecular formula is C47H60O5. The van der Waals surface area contributed by atoms with Gasteiger partial charge in [0, 0.05) is 23.7 Å². The van der Waals surface area contributed by atoms with Gasteiger partial charge in [0.2, 0.25) is 0 Å². The Bertz CT molecular complexity index is 1730. The first kappa shape index (κ1) is 34.7. The van der Waals surface area contributed by atoms with Crippen LogP contribution in [-0.4, -0.2) is 24.1 Å². The van der Waals surface area contributed by atoms with E-state index in [1.165, 1.54) is 81.1 Å². The number of rotatable bonds is 6. The summed E-state index contributed by atoms with van der Waals surface area (Å²) >= 11 is 0. The highest BCUT2D eigenvalue weighted by Crippen LogP contribution is 2.67. The molecular weight excluding hydrogens is 645 g/mol. The van der Waals surface area contributed by atoms with Crippen LogP contribution in [0, 0.1) is 51.8 Å². The first-order valence-electron chi connectivity index (χ1n) is 21.1. The molecule has 0 saturated heterocycles. The van der Waals surface area contributed by atoms with Gasteiger partial charge in [-0.1, -0.05) is 52.0 Å². The maximum absolute atomic E-state index is 12.7. The summed E-state index contributed by atoms with van der Waals surface area (Å²) in [6.45, 7) is 9.56. The van der Waals surface area contributed by atoms with Crippen LogP contribution in [0.15, 0.2) is 60.4 Å². The predicted molar refractivity (Wildman–Crippen MR) is 203 cm³/mol. The molecule has 0 heterocycles. The van der Waals surface area contributed by atoms with Crippen molar-refractivity contribution in [3.8, 4) is 5.75 Å². The second-order valence-electron chi connectivity index (χ2n) is 18.9. The molecule has 7 aliphatic rings. The number of hydrogen-bond acceptors (Lipinski definition) is 5. The third-order valence-electron chi connectivity index (χ3n) is 16.9. The predicted octanol–water partition coefficient (Wildman–Crippen LogP) is 11.0. The highest BCUT2D eigenvalue weighted by Gasteiger charge is 2.61. The largest absolute Gasteiger partial charge is 0.495 e. The van der Waals surface area contributed by atoms with E-state index in [1.807, 2.05) is 43.3 Å². The van der Waals surface area contributed by atoms with Crippen molar-refractivity contribution in [3.05, 3.63) is 77.1 Å². The van der Waals surface area contributed by atoms with Crippen molar-refractivity contribution in [2.24, 2.45) is 51.8 Å². The molecule has 278 valence electrons. The third-order valence-corrected chi connectivity index (χ3v) is 16.9.